The summed E-state index contributed by atoms with van der Waals surface area (Å²) in [6.45, 7) is 149. The molecule has 2 heterocycles. The molecule has 0 saturated heterocycles. The Kier molecular flexibility index (Phi) is 48.3. The minimum atomic E-state index is 1.09. The monoisotopic (exact) mass is 2040 g/mol. The van der Waals surface area contributed by atoms with Crippen LogP contribution in [0.25, 0.3) is 10.8 Å². The molecule has 0 unspecified atom stereocenters. The lowest BCUT2D eigenvalue weighted by Gasteiger charge is -2.41. The van der Waals surface area contributed by atoms with Gasteiger partial charge in [-0.2, -0.15) is 0 Å². The zero-order valence-corrected chi connectivity index (χ0v) is 110. The van der Waals surface area contributed by atoms with Crippen LogP contribution >= 0.6 is 11.8 Å². The molecule has 0 aliphatic carbocycles. The molecule has 4 nitrogen and oxygen atoms in total. The molecule has 13 aromatic carbocycles. The third-order valence-corrected chi connectivity index (χ3v) is 38.2. The summed E-state index contributed by atoms with van der Waals surface area (Å²) >= 11 is 1.99. The summed E-state index contributed by atoms with van der Waals surface area (Å²) in [6.07, 6.45) is 2.19. The van der Waals surface area contributed by atoms with Crippen LogP contribution in [0.2, 0.25) is 0 Å². The minimum absolute atomic E-state index is 1.09. The highest BCUT2D eigenvalue weighted by Gasteiger charge is 2.39. The summed E-state index contributed by atoms with van der Waals surface area (Å²) < 4.78 is 0. The lowest BCUT2D eigenvalue weighted by molar-refractivity contribution is 0.942. The van der Waals surface area contributed by atoms with Crippen LogP contribution in [0, 0.1) is 353 Å². The van der Waals surface area contributed by atoms with Crippen molar-refractivity contribution in [1.29, 1.82) is 0 Å². The average Bonchev–Trinajstić information content (AvgIpc) is 0.749. The van der Waals surface area contributed by atoms with Crippen LogP contribution in [0.3, 0.4) is 0 Å². The molecule has 13 aromatic rings. The molecule has 818 valence electrons. The second-order valence-corrected chi connectivity index (χ2v) is 42.8. The molecule has 0 N–H and O–H groups in total. The van der Waals surface area contributed by atoms with Crippen LogP contribution in [0.4, 0.5) is 68.2 Å². The van der Waals surface area contributed by atoms with Gasteiger partial charge in [-0.15, -0.1) is 0 Å². The highest BCUT2D eigenvalue weighted by molar-refractivity contribution is 8.00. The SMILES string of the molecule is CC.CC.CC.CC.CC.CC.CC.CC.Cc1c(C)c(C)c(N(c2c(C)c(C)c(C)c(C)c2C)c2c(C)c(C)c(C)c(C)c2C)c(C)c1C.Cc1c(C)c(C)c(N(c2c(C)c(C)c(C)c(C)c2C)c2cccc3ccccc23)c(C)c1C.Cc1c(C)c(C)c(N2c3c(C)c(C)c(C)c(C)c3CCc3c(C)c(C)c(C)c(C)c32)c(C)c1C.Cc1c(C)c(C)c(N2c3c(C)c(C)c(C)c(C)c3Sc3c(C)c(C)c(C)c(C)c32)c(C)c1C. The number of hydrogen-bond acceptors (Lipinski definition) is 5. The molecule has 0 radical (unpaired) electrons. The Labute approximate surface area is 927 Å². The fraction of sp³-hybridized carbons (Fsp3) is 0.476. The second kappa shape index (κ2) is 55.0. The van der Waals surface area contributed by atoms with Gasteiger partial charge in [0, 0.05) is 15.2 Å². The van der Waals surface area contributed by atoms with Crippen molar-refractivity contribution in [3.8, 4) is 0 Å². The van der Waals surface area contributed by atoms with Crippen molar-refractivity contribution in [2.45, 2.75) is 487 Å². The number of anilines is 12. The number of rotatable bonds is 8. The summed E-state index contributed by atoms with van der Waals surface area (Å²) in [6, 6.07) is 15.5. The van der Waals surface area contributed by atoms with Crippen molar-refractivity contribution < 1.29 is 0 Å². The highest BCUT2D eigenvalue weighted by Crippen LogP contribution is 2.61. The van der Waals surface area contributed by atoms with Gasteiger partial charge in [0.15, 0.2) is 0 Å². The predicted molar refractivity (Wildman–Crippen MR) is 686 cm³/mol. The molecule has 0 saturated carbocycles. The second-order valence-electron chi connectivity index (χ2n) is 41.8. The van der Waals surface area contributed by atoms with E-state index in [1.54, 1.807) is 0 Å². The van der Waals surface area contributed by atoms with Gasteiger partial charge in [0.2, 0.25) is 0 Å². The molecule has 2 aliphatic heterocycles. The third kappa shape index (κ3) is 23.4. The van der Waals surface area contributed by atoms with Gasteiger partial charge in [-0.1, -0.05) is 159 Å². The first kappa shape index (κ1) is 132. The van der Waals surface area contributed by atoms with E-state index in [0.717, 1.165) is 12.8 Å². The Hall–Kier alpha value is -10.3. The molecule has 0 amide bonds. The van der Waals surface area contributed by atoms with Crippen molar-refractivity contribution in [1.82, 2.24) is 0 Å². The Balaban J connectivity index is 0.000000397. The van der Waals surface area contributed by atoms with Gasteiger partial charge < -0.3 is 19.6 Å². The maximum absolute atomic E-state index is 2.70. The van der Waals surface area contributed by atoms with Gasteiger partial charge >= 0.3 is 0 Å². The first-order valence-corrected chi connectivity index (χ1v) is 58.4. The summed E-state index contributed by atoms with van der Waals surface area (Å²) in [5.74, 6) is 0. The molecule has 150 heavy (non-hydrogen) atoms. The molecule has 0 aromatic heterocycles. The number of benzene rings is 13. The summed E-state index contributed by atoms with van der Waals surface area (Å²) in [4.78, 5) is 13.4. The van der Waals surface area contributed by atoms with Gasteiger partial charge in [0.05, 0.1) is 68.2 Å². The van der Waals surface area contributed by atoms with Crippen LogP contribution in [0.5, 0.6) is 0 Å². The van der Waals surface area contributed by atoms with Crippen LogP contribution in [0.15, 0.2) is 52.3 Å². The van der Waals surface area contributed by atoms with Gasteiger partial charge in [0.1, 0.15) is 0 Å². The molecule has 15 rings (SSSR count). The fourth-order valence-corrected chi connectivity index (χ4v) is 24.6. The standard InChI is InChI=1S/C33H43N.C33H45N.C32H37N.C31H39NS.8C2H6/c1-16-19(4)25(10)31(26(11)20(16)5)34-32-27(12)21(6)17(2)23(8)29(32)14-15-30-24(9)18(3)22(7)28(13)33(30)34;1-16-19(4)25(10)31(26(11)20(16)5)34(32-27(12)21(6)17(2)22(7)28(32)13)33-29(14)23(8)18(3)24(9)30(33)15;1-18-20(3)24(7)31(25(8)21(18)4)33(30-17-13-15-28-14-11-12-16-29(28)30)32-26(9)22(5)19(2)23(6)27(32)10;1-14-15(2)21(8)27(22(9)16(14)3)32-28-23(10)17(4)19(6)25(12)30(28)33-31-26(13)20(7)18(5)24(11)29(31)32;8*1-2/h14-15H2,1-13H3;1-15H3;11-17H,1-10H3;1-13H3;8*1-2H3. The quantitative estimate of drug-likeness (QED) is 0.150. The smallest absolute Gasteiger partial charge is 0.0636 e. The summed E-state index contributed by atoms with van der Waals surface area (Å²) in [7, 11) is 0. The predicted octanol–water partition coefficient (Wildman–Crippen LogP) is 46.3. The van der Waals surface area contributed by atoms with E-state index < -0.39 is 0 Å². The van der Waals surface area contributed by atoms with Crippen LogP contribution in [0.1, 0.15) is 406 Å². The first-order valence-electron chi connectivity index (χ1n) is 57.6. The van der Waals surface area contributed by atoms with Crippen molar-refractivity contribution in [3.63, 3.8) is 0 Å². The van der Waals surface area contributed by atoms with E-state index in [0.29, 0.717) is 0 Å². The topological polar surface area (TPSA) is 13.0 Å². The van der Waals surface area contributed by atoms with Crippen LogP contribution < -0.4 is 19.6 Å². The molecule has 0 fully saturated rings. The van der Waals surface area contributed by atoms with E-state index in [-0.39, 0.29) is 0 Å². The lowest BCUT2D eigenvalue weighted by atomic mass is 9.86. The maximum atomic E-state index is 2.70. The number of nitrogens with zero attached hydrogens (tertiary/aromatic N) is 4. The van der Waals surface area contributed by atoms with Crippen LogP contribution in [-0.2, 0) is 12.8 Å². The van der Waals surface area contributed by atoms with Crippen molar-refractivity contribution in [3.05, 3.63) is 337 Å². The number of fused-ring (bicyclic) bond motifs is 5. The highest BCUT2D eigenvalue weighted by atomic mass is 32.2. The maximum Gasteiger partial charge on any atom is 0.0636 e. The Morgan fingerprint density at radius 3 is 0.540 bits per heavy atom. The van der Waals surface area contributed by atoms with Crippen molar-refractivity contribution >= 4 is 90.8 Å². The van der Waals surface area contributed by atoms with Crippen molar-refractivity contribution in [2.24, 2.45) is 0 Å². The molecular formula is C145H212N4S. The van der Waals surface area contributed by atoms with Gasteiger partial charge in [-0.3, -0.25) is 0 Å². The molecule has 2 aliphatic rings. The van der Waals surface area contributed by atoms with E-state index in [2.05, 4.69) is 415 Å². The minimum Gasteiger partial charge on any atom is -0.309 e. The zero-order chi connectivity index (χ0) is 116. The van der Waals surface area contributed by atoms with E-state index in [1.807, 2.05) is 123 Å². The summed E-state index contributed by atoms with van der Waals surface area (Å²) in [5, 5.41) is 2.55. The zero-order valence-electron chi connectivity index (χ0n) is 109. The lowest BCUT2D eigenvalue weighted by Crippen LogP contribution is -2.23. The largest absolute Gasteiger partial charge is 0.309 e. The third-order valence-electron chi connectivity index (χ3n) is 36.8. The molecule has 5 heteroatoms. The van der Waals surface area contributed by atoms with Crippen LogP contribution in [-0.4, -0.2) is 0 Å². The number of hydrogen-bond donors (Lipinski definition) is 0. The molecular weight excluding hydrogens is 1830 g/mol. The van der Waals surface area contributed by atoms with Gasteiger partial charge in [-0.25, -0.2) is 0 Å². The van der Waals surface area contributed by atoms with Gasteiger partial charge in [-0.05, 0) is 672 Å². The molecule has 0 atom stereocenters. The van der Waals surface area contributed by atoms with E-state index >= 15 is 0 Å². The van der Waals surface area contributed by atoms with Crippen molar-refractivity contribution in [2.75, 3.05) is 19.6 Å². The van der Waals surface area contributed by atoms with E-state index in [4.69, 9.17) is 0 Å². The average molecular weight is 2040 g/mol. The van der Waals surface area contributed by atoms with E-state index in [9.17, 15) is 0 Å². The van der Waals surface area contributed by atoms with E-state index in [1.165, 1.54) is 384 Å². The van der Waals surface area contributed by atoms with Gasteiger partial charge in [0.25, 0.3) is 0 Å². The fourth-order valence-electron chi connectivity index (χ4n) is 23.1. The Morgan fingerprint density at radius 1 is 0.153 bits per heavy atom. The first-order chi connectivity index (χ1) is 70.4. The molecule has 0 spiro atoms. The summed E-state index contributed by atoms with van der Waals surface area (Å²) in [5.41, 5.74) is 91.0. The molecule has 0 bridgehead atoms. The Morgan fingerprint density at radius 2 is 0.313 bits per heavy atom. The normalized spacial score (nSPS) is 11.2. The Bertz CT molecular complexity index is 6430.